The van der Waals surface area contributed by atoms with Gasteiger partial charge in [-0.1, -0.05) is 6.07 Å². The smallest absolute Gasteiger partial charge is 0.411 e. The van der Waals surface area contributed by atoms with Crippen molar-refractivity contribution in [1.82, 2.24) is 4.90 Å². The highest BCUT2D eigenvalue weighted by molar-refractivity contribution is 5.88. The van der Waals surface area contributed by atoms with Crippen LogP contribution < -0.4 is 10.1 Å². The minimum Gasteiger partial charge on any atom is -0.450 e. The van der Waals surface area contributed by atoms with Crippen LogP contribution in [0.15, 0.2) is 24.3 Å². The van der Waals surface area contributed by atoms with Crippen molar-refractivity contribution in [2.24, 2.45) is 5.92 Å². The summed E-state index contributed by atoms with van der Waals surface area (Å²) >= 11 is 0. The monoisotopic (exact) mass is 334 g/mol. The van der Waals surface area contributed by atoms with Gasteiger partial charge in [-0.25, -0.2) is 4.79 Å². The number of esters is 1. The second kappa shape index (κ2) is 7.81. The molecule has 0 radical (unpaired) electrons. The van der Waals surface area contributed by atoms with Crippen LogP contribution in [0, 0.1) is 5.92 Å². The summed E-state index contributed by atoms with van der Waals surface area (Å²) in [6.45, 7) is 6.17. The van der Waals surface area contributed by atoms with E-state index in [9.17, 15) is 14.4 Å². The Balaban J connectivity index is 1.97. The second-order valence-electron chi connectivity index (χ2n) is 5.84. The van der Waals surface area contributed by atoms with Crippen LogP contribution in [0.4, 0.5) is 10.5 Å². The van der Waals surface area contributed by atoms with Gasteiger partial charge < -0.3 is 14.4 Å². The van der Waals surface area contributed by atoms with E-state index in [4.69, 9.17) is 9.47 Å². The predicted octanol–water partition coefficient (Wildman–Crippen LogP) is 2.42. The minimum atomic E-state index is -0.574. The molecule has 2 rings (SSSR count). The van der Waals surface area contributed by atoms with Gasteiger partial charge in [0, 0.05) is 30.8 Å². The first kappa shape index (κ1) is 17.8. The van der Waals surface area contributed by atoms with Crippen LogP contribution in [0.5, 0.6) is 5.75 Å². The summed E-state index contributed by atoms with van der Waals surface area (Å²) in [7, 11) is 0. The topological polar surface area (TPSA) is 84.9 Å². The van der Waals surface area contributed by atoms with Gasteiger partial charge in [0.1, 0.15) is 5.75 Å². The van der Waals surface area contributed by atoms with Crippen LogP contribution in [-0.2, 0) is 14.3 Å². The minimum absolute atomic E-state index is 0.0373. The molecule has 0 aromatic heterocycles. The van der Waals surface area contributed by atoms with Gasteiger partial charge in [0.05, 0.1) is 12.5 Å². The zero-order valence-corrected chi connectivity index (χ0v) is 14.1. The van der Waals surface area contributed by atoms with Crippen molar-refractivity contribution >= 4 is 23.7 Å². The fourth-order valence-electron chi connectivity index (χ4n) is 2.51. The van der Waals surface area contributed by atoms with Gasteiger partial charge in [0.2, 0.25) is 5.91 Å². The molecular formula is C17H22N2O5. The van der Waals surface area contributed by atoms with Crippen molar-refractivity contribution in [3.05, 3.63) is 24.3 Å². The molecule has 1 heterocycles. The Bertz CT molecular complexity index is 629. The number of anilines is 1. The molecule has 1 saturated heterocycles. The maximum absolute atomic E-state index is 12.3. The largest absolute Gasteiger partial charge is 0.450 e. The Labute approximate surface area is 140 Å². The molecule has 1 atom stereocenters. The quantitative estimate of drug-likeness (QED) is 0.660. The standard InChI is InChI=1S/C17H22N2O5/c1-4-23-17(22)18-13-6-5-7-14(9-13)24-16(21)12-8-15(20)19(10-12)11(2)3/h5-7,9,11-12H,4,8,10H2,1-3H3,(H,18,22)/t12-/m0/s1. The number of carbonyl (C=O) groups is 3. The van der Waals surface area contributed by atoms with Crippen LogP contribution in [0.3, 0.4) is 0 Å². The number of hydrogen-bond donors (Lipinski definition) is 1. The van der Waals surface area contributed by atoms with E-state index < -0.39 is 18.0 Å². The molecule has 0 aliphatic carbocycles. The molecule has 0 unspecified atom stereocenters. The van der Waals surface area contributed by atoms with Gasteiger partial charge in [-0.2, -0.15) is 0 Å². The lowest BCUT2D eigenvalue weighted by atomic mass is 10.1. The van der Waals surface area contributed by atoms with Crippen LogP contribution in [0.1, 0.15) is 27.2 Å². The molecule has 2 amide bonds. The lowest BCUT2D eigenvalue weighted by Gasteiger charge is -2.20. The van der Waals surface area contributed by atoms with Gasteiger partial charge in [0.25, 0.3) is 0 Å². The van der Waals surface area contributed by atoms with Crippen molar-refractivity contribution < 1.29 is 23.9 Å². The number of carbonyl (C=O) groups excluding carboxylic acids is 3. The number of rotatable bonds is 5. The molecular weight excluding hydrogens is 312 g/mol. The molecule has 0 spiro atoms. The lowest BCUT2D eigenvalue weighted by molar-refractivity contribution is -0.139. The normalized spacial score (nSPS) is 17.1. The van der Waals surface area contributed by atoms with Crippen molar-refractivity contribution in [2.75, 3.05) is 18.5 Å². The molecule has 7 heteroatoms. The van der Waals surface area contributed by atoms with E-state index in [1.54, 1.807) is 30.0 Å². The first-order chi connectivity index (χ1) is 11.4. The molecule has 24 heavy (non-hydrogen) atoms. The zero-order valence-electron chi connectivity index (χ0n) is 14.1. The lowest BCUT2D eigenvalue weighted by Crippen LogP contribution is -2.33. The average Bonchev–Trinajstić information content (AvgIpc) is 2.90. The highest BCUT2D eigenvalue weighted by Gasteiger charge is 2.36. The fraction of sp³-hybridized carbons (Fsp3) is 0.471. The summed E-state index contributed by atoms with van der Waals surface area (Å²) in [5, 5.41) is 2.54. The highest BCUT2D eigenvalue weighted by Crippen LogP contribution is 2.24. The maximum atomic E-state index is 12.3. The Morgan fingerprint density at radius 2 is 2.12 bits per heavy atom. The summed E-state index contributed by atoms with van der Waals surface area (Å²) < 4.78 is 10.1. The number of nitrogens with one attached hydrogen (secondary N) is 1. The molecule has 130 valence electrons. The SMILES string of the molecule is CCOC(=O)Nc1cccc(OC(=O)[C@H]2CC(=O)N(C(C)C)C2)c1. The van der Waals surface area contributed by atoms with Gasteiger partial charge in [-0.15, -0.1) is 0 Å². The molecule has 1 aliphatic heterocycles. The molecule has 1 aromatic carbocycles. The highest BCUT2D eigenvalue weighted by atomic mass is 16.5. The number of hydrogen-bond acceptors (Lipinski definition) is 5. The van der Waals surface area contributed by atoms with Crippen molar-refractivity contribution in [3.8, 4) is 5.75 Å². The first-order valence-electron chi connectivity index (χ1n) is 7.95. The third-order valence-corrected chi connectivity index (χ3v) is 3.69. The molecule has 0 bridgehead atoms. The molecule has 1 N–H and O–H groups in total. The Morgan fingerprint density at radius 3 is 2.75 bits per heavy atom. The van der Waals surface area contributed by atoms with E-state index in [0.29, 0.717) is 18.0 Å². The summed E-state index contributed by atoms with van der Waals surface area (Å²) in [5.41, 5.74) is 0.463. The summed E-state index contributed by atoms with van der Waals surface area (Å²) in [6.07, 6.45) is -0.410. The third kappa shape index (κ3) is 4.47. The third-order valence-electron chi connectivity index (χ3n) is 3.69. The van der Waals surface area contributed by atoms with Crippen molar-refractivity contribution in [2.45, 2.75) is 33.2 Å². The zero-order chi connectivity index (χ0) is 17.7. The first-order valence-corrected chi connectivity index (χ1v) is 7.95. The van der Waals surface area contributed by atoms with Crippen LogP contribution in [0.25, 0.3) is 0 Å². The molecule has 7 nitrogen and oxygen atoms in total. The number of benzene rings is 1. The second-order valence-corrected chi connectivity index (χ2v) is 5.84. The Hall–Kier alpha value is -2.57. The van der Waals surface area contributed by atoms with Gasteiger partial charge >= 0.3 is 12.1 Å². The summed E-state index contributed by atoms with van der Waals surface area (Å²) in [4.78, 5) is 37.2. The molecule has 1 aliphatic rings. The van der Waals surface area contributed by atoms with Gasteiger partial charge in [0.15, 0.2) is 0 Å². The number of ether oxygens (including phenoxy) is 2. The van der Waals surface area contributed by atoms with E-state index in [0.717, 1.165) is 0 Å². The van der Waals surface area contributed by atoms with Crippen molar-refractivity contribution in [1.29, 1.82) is 0 Å². The van der Waals surface area contributed by atoms with E-state index >= 15 is 0 Å². The van der Waals surface area contributed by atoms with Crippen molar-refractivity contribution in [3.63, 3.8) is 0 Å². The van der Waals surface area contributed by atoms with Gasteiger partial charge in [-0.3, -0.25) is 14.9 Å². The predicted molar refractivity (Wildman–Crippen MR) is 87.7 cm³/mol. The number of nitrogens with zero attached hydrogens (tertiary/aromatic N) is 1. The summed E-state index contributed by atoms with van der Waals surface area (Å²) in [5.74, 6) is -0.643. The van der Waals surface area contributed by atoms with Crippen LogP contribution in [-0.4, -0.2) is 42.1 Å². The summed E-state index contributed by atoms with van der Waals surface area (Å²) in [6, 6.07) is 6.53. The van der Waals surface area contributed by atoms with Crippen LogP contribution >= 0.6 is 0 Å². The van der Waals surface area contributed by atoms with Gasteiger partial charge in [-0.05, 0) is 32.9 Å². The van der Waals surface area contributed by atoms with E-state index in [-0.39, 0.29) is 25.0 Å². The molecule has 1 fully saturated rings. The van der Waals surface area contributed by atoms with E-state index in [2.05, 4.69) is 5.32 Å². The molecule has 1 aromatic rings. The number of amides is 2. The Morgan fingerprint density at radius 1 is 1.38 bits per heavy atom. The van der Waals surface area contributed by atoms with E-state index in [1.807, 2.05) is 13.8 Å². The maximum Gasteiger partial charge on any atom is 0.411 e. The average molecular weight is 334 g/mol. The number of likely N-dealkylation sites (tertiary alicyclic amines) is 1. The van der Waals surface area contributed by atoms with Crippen LogP contribution in [0.2, 0.25) is 0 Å². The van der Waals surface area contributed by atoms with E-state index in [1.165, 1.54) is 6.07 Å². The Kier molecular flexibility index (Phi) is 5.78. The fourth-order valence-corrected chi connectivity index (χ4v) is 2.51. The molecule has 0 saturated carbocycles.